The number of esters is 1. The van der Waals surface area contributed by atoms with Crippen LogP contribution in [-0.4, -0.2) is 20.1 Å². The van der Waals surface area contributed by atoms with Crippen molar-refractivity contribution in [1.29, 1.82) is 0 Å². The van der Waals surface area contributed by atoms with Crippen molar-refractivity contribution in [3.05, 3.63) is 95.6 Å². The van der Waals surface area contributed by atoms with Gasteiger partial charge in [-0.05, 0) is 47.5 Å². The molecular weight excluding hydrogens is 322 g/mol. The number of hydrogen-bond acceptors (Lipinski definition) is 3. The van der Waals surface area contributed by atoms with E-state index in [-0.39, 0.29) is 5.97 Å². The van der Waals surface area contributed by atoms with E-state index in [2.05, 4.69) is 53.5 Å². The normalized spacial score (nSPS) is 10.7. The summed E-state index contributed by atoms with van der Waals surface area (Å²) in [6, 6.07) is 26.0. The molecule has 0 bridgehead atoms. The minimum atomic E-state index is -0.325. The van der Waals surface area contributed by atoms with Gasteiger partial charge in [0.25, 0.3) is 0 Å². The minimum Gasteiger partial charge on any atom is -0.465 e. The average Bonchev–Trinajstić information content (AvgIpc) is 2.72. The number of anilines is 2. The topological polar surface area (TPSA) is 29.5 Å². The summed E-state index contributed by atoms with van der Waals surface area (Å²) < 4.78 is 4.73. The van der Waals surface area contributed by atoms with Gasteiger partial charge in [-0.3, -0.25) is 0 Å². The number of carbonyl (C=O) groups is 1. The van der Waals surface area contributed by atoms with Crippen LogP contribution in [0.25, 0.3) is 12.2 Å². The van der Waals surface area contributed by atoms with Crippen molar-refractivity contribution in [2.24, 2.45) is 0 Å². The van der Waals surface area contributed by atoms with Crippen LogP contribution in [0.2, 0.25) is 0 Å². The van der Waals surface area contributed by atoms with Crippen LogP contribution in [0.15, 0.2) is 78.9 Å². The summed E-state index contributed by atoms with van der Waals surface area (Å²) in [6.07, 6.45) is 4.20. The second-order valence-electron chi connectivity index (χ2n) is 5.93. The number of carbonyl (C=O) groups excluding carboxylic acids is 1. The molecule has 0 amide bonds. The molecule has 0 aliphatic carbocycles. The Bertz CT molecular complexity index is 882. The molecular formula is C23H21NO2. The van der Waals surface area contributed by atoms with E-state index in [9.17, 15) is 4.79 Å². The Morgan fingerprint density at radius 2 is 1.27 bits per heavy atom. The van der Waals surface area contributed by atoms with Crippen LogP contribution in [0.5, 0.6) is 0 Å². The summed E-state index contributed by atoms with van der Waals surface area (Å²) in [5.41, 5.74) is 4.95. The van der Waals surface area contributed by atoms with Crippen molar-refractivity contribution in [1.82, 2.24) is 0 Å². The Hall–Kier alpha value is -3.33. The van der Waals surface area contributed by atoms with E-state index >= 15 is 0 Å². The van der Waals surface area contributed by atoms with Crippen molar-refractivity contribution in [2.75, 3.05) is 19.1 Å². The number of hydrogen-bond donors (Lipinski definition) is 0. The standard InChI is InChI=1S/C23H21NO2/c1-24(22-16-12-20(13-17-22)23(25)26-2)21-14-10-19(11-15-21)9-8-18-6-4-3-5-7-18/h3-17H,1-2H3/b9-8+. The van der Waals surface area contributed by atoms with Crippen LogP contribution in [0, 0.1) is 0 Å². The molecule has 0 N–H and O–H groups in total. The molecule has 0 saturated heterocycles. The highest BCUT2D eigenvalue weighted by molar-refractivity contribution is 5.89. The van der Waals surface area contributed by atoms with E-state index in [1.165, 1.54) is 12.7 Å². The lowest BCUT2D eigenvalue weighted by molar-refractivity contribution is 0.0601. The van der Waals surface area contributed by atoms with Crippen molar-refractivity contribution in [2.45, 2.75) is 0 Å². The largest absolute Gasteiger partial charge is 0.465 e. The molecule has 130 valence electrons. The Morgan fingerprint density at radius 3 is 1.81 bits per heavy atom. The van der Waals surface area contributed by atoms with Crippen LogP contribution in [-0.2, 0) is 4.74 Å². The van der Waals surface area contributed by atoms with Gasteiger partial charge >= 0.3 is 5.97 Å². The molecule has 0 heterocycles. The first-order valence-corrected chi connectivity index (χ1v) is 8.43. The van der Waals surface area contributed by atoms with E-state index in [0.717, 1.165) is 16.9 Å². The van der Waals surface area contributed by atoms with Gasteiger partial charge in [0.1, 0.15) is 0 Å². The first kappa shape index (κ1) is 17.5. The Morgan fingerprint density at radius 1 is 0.769 bits per heavy atom. The van der Waals surface area contributed by atoms with Gasteiger partial charge in [-0.15, -0.1) is 0 Å². The Kier molecular flexibility index (Phi) is 5.49. The summed E-state index contributed by atoms with van der Waals surface area (Å²) in [7, 11) is 3.39. The van der Waals surface area contributed by atoms with Crippen molar-refractivity contribution in [3.63, 3.8) is 0 Å². The number of ether oxygens (including phenoxy) is 1. The highest BCUT2D eigenvalue weighted by Gasteiger charge is 2.07. The molecule has 26 heavy (non-hydrogen) atoms. The van der Waals surface area contributed by atoms with Gasteiger partial charge in [0, 0.05) is 18.4 Å². The van der Waals surface area contributed by atoms with Crippen molar-refractivity contribution >= 4 is 29.5 Å². The fourth-order valence-corrected chi connectivity index (χ4v) is 2.65. The van der Waals surface area contributed by atoms with E-state index in [1.807, 2.05) is 37.4 Å². The lowest BCUT2D eigenvalue weighted by atomic mass is 10.1. The van der Waals surface area contributed by atoms with E-state index in [0.29, 0.717) is 5.56 Å². The first-order valence-electron chi connectivity index (χ1n) is 8.43. The van der Waals surface area contributed by atoms with E-state index < -0.39 is 0 Å². The molecule has 3 rings (SSSR count). The average molecular weight is 343 g/mol. The molecule has 0 spiro atoms. The zero-order valence-electron chi connectivity index (χ0n) is 14.9. The molecule has 0 saturated carbocycles. The summed E-state index contributed by atoms with van der Waals surface area (Å²) >= 11 is 0. The summed E-state index contributed by atoms with van der Waals surface area (Å²) in [5.74, 6) is -0.325. The second-order valence-corrected chi connectivity index (χ2v) is 5.93. The molecule has 0 radical (unpaired) electrons. The molecule has 0 atom stereocenters. The molecule has 0 aliphatic rings. The fourth-order valence-electron chi connectivity index (χ4n) is 2.65. The van der Waals surface area contributed by atoms with Gasteiger partial charge in [-0.2, -0.15) is 0 Å². The van der Waals surface area contributed by atoms with Crippen molar-refractivity contribution < 1.29 is 9.53 Å². The number of methoxy groups -OCH3 is 1. The predicted octanol–water partition coefficient (Wildman–Crippen LogP) is 5.41. The van der Waals surface area contributed by atoms with Crippen molar-refractivity contribution in [3.8, 4) is 0 Å². The summed E-state index contributed by atoms with van der Waals surface area (Å²) in [6.45, 7) is 0. The van der Waals surface area contributed by atoms with Crippen LogP contribution in [0.1, 0.15) is 21.5 Å². The maximum Gasteiger partial charge on any atom is 0.337 e. The highest BCUT2D eigenvalue weighted by atomic mass is 16.5. The molecule has 3 nitrogen and oxygen atoms in total. The maximum absolute atomic E-state index is 11.5. The number of nitrogens with zero attached hydrogens (tertiary/aromatic N) is 1. The van der Waals surface area contributed by atoms with Gasteiger partial charge in [-0.25, -0.2) is 4.79 Å². The molecule has 0 aromatic heterocycles. The van der Waals surface area contributed by atoms with Gasteiger partial charge < -0.3 is 9.64 Å². The van der Waals surface area contributed by atoms with E-state index in [1.54, 1.807) is 12.1 Å². The van der Waals surface area contributed by atoms with Gasteiger partial charge in [0.05, 0.1) is 12.7 Å². The fraction of sp³-hybridized carbons (Fsp3) is 0.0870. The number of benzene rings is 3. The van der Waals surface area contributed by atoms with Crippen LogP contribution in [0.3, 0.4) is 0 Å². The maximum atomic E-state index is 11.5. The molecule has 3 aromatic carbocycles. The van der Waals surface area contributed by atoms with Gasteiger partial charge in [-0.1, -0.05) is 54.6 Å². The third-order valence-corrected chi connectivity index (χ3v) is 4.22. The Labute approximate surface area is 154 Å². The van der Waals surface area contributed by atoms with Crippen LogP contribution < -0.4 is 4.90 Å². The highest BCUT2D eigenvalue weighted by Crippen LogP contribution is 2.24. The third kappa shape index (κ3) is 4.19. The smallest absolute Gasteiger partial charge is 0.337 e. The zero-order valence-corrected chi connectivity index (χ0v) is 14.9. The van der Waals surface area contributed by atoms with Crippen LogP contribution in [0.4, 0.5) is 11.4 Å². The number of rotatable bonds is 5. The third-order valence-electron chi connectivity index (χ3n) is 4.22. The monoisotopic (exact) mass is 343 g/mol. The lowest BCUT2D eigenvalue weighted by Crippen LogP contribution is -2.09. The molecule has 0 aliphatic heterocycles. The van der Waals surface area contributed by atoms with Crippen LogP contribution >= 0.6 is 0 Å². The quantitative estimate of drug-likeness (QED) is 0.458. The Balaban J connectivity index is 1.71. The summed E-state index contributed by atoms with van der Waals surface area (Å²) in [5, 5.41) is 0. The van der Waals surface area contributed by atoms with E-state index in [4.69, 9.17) is 4.74 Å². The lowest BCUT2D eigenvalue weighted by Gasteiger charge is -2.20. The first-order chi connectivity index (χ1) is 12.7. The SMILES string of the molecule is COC(=O)c1ccc(N(C)c2ccc(/C=C/c3ccccc3)cc2)cc1. The molecule has 0 unspecified atom stereocenters. The predicted molar refractivity (Wildman–Crippen MR) is 108 cm³/mol. The van der Waals surface area contributed by atoms with Gasteiger partial charge in [0.15, 0.2) is 0 Å². The second kappa shape index (κ2) is 8.17. The minimum absolute atomic E-state index is 0.325. The molecule has 3 heteroatoms. The zero-order chi connectivity index (χ0) is 18.4. The summed E-state index contributed by atoms with van der Waals surface area (Å²) in [4.78, 5) is 13.6. The molecule has 3 aromatic rings. The van der Waals surface area contributed by atoms with Gasteiger partial charge in [0.2, 0.25) is 0 Å². The molecule has 0 fully saturated rings.